The molecular weight excluding hydrogens is 508 g/mol. The zero-order chi connectivity index (χ0) is 27.4. The van der Waals surface area contributed by atoms with Gasteiger partial charge in [-0.15, -0.1) is 0 Å². The maximum absolute atomic E-state index is 13.6. The monoisotopic (exact) mass is 538 g/mol. The third-order valence-corrected chi connectivity index (χ3v) is 8.22. The van der Waals surface area contributed by atoms with Gasteiger partial charge < -0.3 is 10.0 Å². The molecule has 0 saturated carbocycles. The number of benzene rings is 1. The summed E-state index contributed by atoms with van der Waals surface area (Å²) in [4.78, 5) is 63.3. The number of nitrogens with one attached hydrogen (secondary N) is 1. The molecule has 1 aromatic heterocycles. The van der Waals surface area contributed by atoms with Crippen LogP contribution in [0.25, 0.3) is 0 Å². The quantitative estimate of drug-likeness (QED) is 0.340. The minimum absolute atomic E-state index is 0.0112. The number of aliphatic imine (C=N–C) groups is 1. The van der Waals surface area contributed by atoms with Crippen molar-refractivity contribution < 1.29 is 19.5 Å². The minimum atomic E-state index is -1.40. The number of hydrogen-bond donors (Lipinski definition) is 2. The number of carbonyl (C=O) groups excluding carboxylic acids is 3. The fourth-order valence-electron chi connectivity index (χ4n) is 5.94. The van der Waals surface area contributed by atoms with E-state index in [4.69, 9.17) is 12.2 Å². The van der Waals surface area contributed by atoms with Crippen LogP contribution in [0.2, 0.25) is 0 Å². The van der Waals surface area contributed by atoms with Crippen LogP contribution in [0.1, 0.15) is 43.7 Å². The molecule has 2 saturated heterocycles. The molecule has 0 radical (unpaired) electrons. The van der Waals surface area contributed by atoms with E-state index in [1.165, 1.54) is 24.9 Å². The average molecular weight is 539 g/mol. The molecule has 3 aliphatic heterocycles. The predicted molar refractivity (Wildman–Crippen MR) is 144 cm³/mol. The highest BCUT2D eigenvalue weighted by Crippen LogP contribution is 2.49. The smallest absolute Gasteiger partial charge is 0.332 e. The van der Waals surface area contributed by atoms with E-state index >= 15 is 0 Å². The number of carbonyl (C=O) groups is 3. The Morgan fingerprint density at radius 1 is 1.18 bits per heavy atom. The molecule has 4 amide bonds. The SMILES string of the molecule is CCCCn1c(O)c(C=Nc2ccc3c(c2)CC2(C(=O)N(C)C(=O)N(C)C2=O)[C@H]2CCCN32)c(=O)[nH]c1=S. The fraction of sp³-hybridized carbons (Fsp3) is 0.462. The van der Waals surface area contributed by atoms with Crippen LogP contribution in [-0.4, -0.2) is 75.2 Å². The molecule has 3 aliphatic rings. The van der Waals surface area contributed by atoms with Gasteiger partial charge in [0.15, 0.2) is 10.2 Å². The van der Waals surface area contributed by atoms with E-state index in [0.717, 1.165) is 40.3 Å². The molecule has 38 heavy (non-hydrogen) atoms. The molecular formula is C26H30N6O5S. The van der Waals surface area contributed by atoms with Crippen LogP contribution in [0.4, 0.5) is 16.2 Å². The fourth-order valence-corrected chi connectivity index (χ4v) is 6.21. The zero-order valence-corrected chi connectivity index (χ0v) is 22.4. The third kappa shape index (κ3) is 3.77. The van der Waals surface area contributed by atoms with Crippen molar-refractivity contribution in [1.82, 2.24) is 19.4 Å². The lowest BCUT2D eigenvalue weighted by Crippen LogP contribution is -2.70. The van der Waals surface area contributed by atoms with E-state index in [2.05, 4.69) is 14.9 Å². The van der Waals surface area contributed by atoms with Crippen LogP contribution < -0.4 is 10.5 Å². The van der Waals surface area contributed by atoms with E-state index in [1.54, 1.807) is 12.1 Å². The number of anilines is 1. The van der Waals surface area contributed by atoms with Crippen molar-refractivity contribution in [1.29, 1.82) is 0 Å². The van der Waals surface area contributed by atoms with Crippen LogP contribution in [0.5, 0.6) is 5.88 Å². The summed E-state index contributed by atoms with van der Waals surface area (Å²) in [7, 11) is 2.82. The Hall–Kier alpha value is -3.80. The van der Waals surface area contributed by atoms with Gasteiger partial charge in [0.05, 0.1) is 11.7 Å². The highest BCUT2D eigenvalue weighted by Gasteiger charge is 2.63. The molecule has 2 fully saturated rings. The number of barbiturate groups is 1. The highest BCUT2D eigenvalue weighted by atomic mass is 32.1. The summed E-state index contributed by atoms with van der Waals surface area (Å²) in [5, 5.41) is 10.7. The minimum Gasteiger partial charge on any atom is -0.494 e. The molecule has 12 heteroatoms. The standard InChI is InChI=1S/C26H30N6O5S/c1-4-5-10-32-21(34)17(20(33)28-24(32)38)14-27-16-8-9-18-15(12-16)13-26(19-7-6-11-31(18)19)22(35)29(2)25(37)30(3)23(26)36/h8-9,12,14,19,34H,4-7,10-11,13H2,1-3H3,(H,28,33,38)/t19-/m1/s1. The van der Waals surface area contributed by atoms with Crippen LogP contribution in [0.3, 0.4) is 0 Å². The van der Waals surface area contributed by atoms with Crippen molar-refractivity contribution in [2.24, 2.45) is 10.4 Å². The van der Waals surface area contributed by atoms with Gasteiger partial charge in [0.1, 0.15) is 5.56 Å². The first-order valence-electron chi connectivity index (χ1n) is 12.7. The number of imide groups is 2. The number of urea groups is 1. The van der Waals surface area contributed by atoms with E-state index in [1.807, 2.05) is 13.0 Å². The molecule has 5 rings (SSSR count). The van der Waals surface area contributed by atoms with E-state index in [0.29, 0.717) is 25.2 Å². The van der Waals surface area contributed by atoms with Crippen LogP contribution in [0.15, 0.2) is 28.0 Å². The predicted octanol–water partition coefficient (Wildman–Crippen LogP) is 2.72. The topological polar surface area (TPSA) is 131 Å². The van der Waals surface area contributed by atoms with Crippen molar-refractivity contribution in [3.63, 3.8) is 0 Å². The maximum atomic E-state index is 13.6. The summed E-state index contributed by atoms with van der Waals surface area (Å²) in [6.07, 6.45) is 4.60. The number of aromatic amines is 1. The average Bonchev–Trinajstić information content (AvgIpc) is 3.40. The molecule has 1 atom stereocenters. The Bertz CT molecular complexity index is 1470. The molecule has 4 heterocycles. The van der Waals surface area contributed by atoms with Crippen molar-refractivity contribution in [3.05, 3.63) is 44.5 Å². The van der Waals surface area contributed by atoms with Gasteiger partial charge in [0, 0.05) is 39.1 Å². The number of hydrogen-bond acceptors (Lipinski definition) is 8. The number of amides is 4. The van der Waals surface area contributed by atoms with Crippen molar-refractivity contribution in [2.75, 3.05) is 25.5 Å². The number of H-pyrrole nitrogens is 1. The van der Waals surface area contributed by atoms with Gasteiger partial charge in [-0.25, -0.2) is 4.79 Å². The first-order chi connectivity index (χ1) is 18.1. The number of fused-ring (bicyclic) bond motifs is 4. The van der Waals surface area contributed by atoms with Crippen LogP contribution in [0, 0.1) is 10.2 Å². The molecule has 0 aliphatic carbocycles. The summed E-state index contributed by atoms with van der Waals surface area (Å²) in [5.74, 6) is -1.22. The van der Waals surface area contributed by atoms with Crippen molar-refractivity contribution >= 4 is 47.7 Å². The number of rotatable bonds is 5. The first-order valence-corrected chi connectivity index (χ1v) is 13.1. The highest BCUT2D eigenvalue weighted by molar-refractivity contribution is 7.71. The van der Waals surface area contributed by atoms with E-state index in [9.17, 15) is 24.3 Å². The molecule has 0 unspecified atom stereocenters. The van der Waals surface area contributed by atoms with E-state index in [-0.39, 0.29) is 28.7 Å². The number of unbranched alkanes of at least 4 members (excludes halogenated alkanes) is 1. The summed E-state index contributed by atoms with van der Waals surface area (Å²) >= 11 is 5.20. The second-order valence-corrected chi connectivity index (χ2v) is 10.5. The van der Waals surface area contributed by atoms with Gasteiger partial charge in [-0.1, -0.05) is 13.3 Å². The lowest BCUT2D eigenvalue weighted by molar-refractivity contribution is -0.159. The summed E-state index contributed by atoms with van der Waals surface area (Å²) in [6, 6.07) is 4.52. The second kappa shape index (κ2) is 9.50. The van der Waals surface area contributed by atoms with Crippen LogP contribution >= 0.6 is 12.2 Å². The maximum Gasteiger partial charge on any atom is 0.332 e. The molecule has 1 aromatic carbocycles. The molecule has 2 aromatic rings. The molecule has 11 nitrogen and oxygen atoms in total. The largest absolute Gasteiger partial charge is 0.494 e. The van der Waals surface area contributed by atoms with Gasteiger partial charge in [0.2, 0.25) is 17.7 Å². The van der Waals surface area contributed by atoms with Gasteiger partial charge >= 0.3 is 6.03 Å². The molecule has 2 N–H and O–H groups in total. The van der Waals surface area contributed by atoms with Crippen molar-refractivity contribution in [3.8, 4) is 5.88 Å². The number of aromatic hydroxyl groups is 1. The lowest BCUT2D eigenvalue weighted by Gasteiger charge is -2.50. The van der Waals surface area contributed by atoms with Gasteiger partial charge in [-0.2, -0.15) is 0 Å². The van der Waals surface area contributed by atoms with Gasteiger partial charge in [-0.3, -0.25) is 38.7 Å². The summed E-state index contributed by atoms with van der Waals surface area (Å²) in [6.45, 7) is 3.17. The summed E-state index contributed by atoms with van der Waals surface area (Å²) in [5.41, 5.74) is 0.216. The number of aromatic nitrogens is 2. The van der Waals surface area contributed by atoms with Gasteiger partial charge in [-0.05, 0) is 61.7 Å². The Labute approximate surface area is 224 Å². The van der Waals surface area contributed by atoms with E-state index < -0.39 is 28.8 Å². The number of nitrogens with zero attached hydrogens (tertiary/aromatic N) is 5. The van der Waals surface area contributed by atoms with Crippen molar-refractivity contribution in [2.45, 2.75) is 51.6 Å². The molecule has 200 valence electrons. The second-order valence-electron chi connectivity index (χ2n) is 10.1. The Morgan fingerprint density at radius 2 is 1.89 bits per heavy atom. The van der Waals surface area contributed by atoms with Gasteiger partial charge in [0.25, 0.3) is 5.56 Å². The Kier molecular flexibility index (Phi) is 6.46. The summed E-state index contributed by atoms with van der Waals surface area (Å²) < 4.78 is 1.62. The molecule has 1 spiro atoms. The first kappa shape index (κ1) is 25.8. The zero-order valence-electron chi connectivity index (χ0n) is 21.6. The molecule has 0 bridgehead atoms. The Balaban J connectivity index is 1.54. The third-order valence-electron chi connectivity index (χ3n) is 7.89. The normalized spacial score (nSPS) is 20.6. The van der Waals surface area contributed by atoms with Crippen LogP contribution in [-0.2, 0) is 22.6 Å². The Morgan fingerprint density at radius 3 is 2.58 bits per heavy atom. The lowest BCUT2D eigenvalue weighted by atomic mass is 9.68.